The number of amides is 1. The summed E-state index contributed by atoms with van der Waals surface area (Å²) in [5, 5.41) is 3.38. The summed E-state index contributed by atoms with van der Waals surface area (Å²) in [6.07, 6.45) is 0.897. The molecule has 0 radical (unpaired) electrons. The fraction of sp³-hybridized carbons (Fsp3) is 0.207. The van der Waals surface area contributed by atoms with Gasteiger partial charge in [-0.15, -0.1) is 0 Å². The summed E-state index contributed by atoms with van der Waals surface area (Å²) in [5.41, 5.74) is 2.53. The summed E-state index contributed by atoms with van der Waals surface area (Å²) in [5.74, 6) is -0.0342. The second kappa shape index (κ2) is 12.4. The summed E-state index contributed by atoms with van der Waals surface area (Å²) < 4.78 is 17.0. The highest BCUT2D eigenvalue weighted by Gasteiger charge is 2.18. The van der Waals surface area contributed by atoms with E-state index in [1.165, 1.54) is 0 Å². The first-order valence-corrected chi connectivity index (χ1v) is 11.8. The van der Waals surface area contributed by atoms with Crippen molar-refractivity contribution in [2.45, 2.75) is 26.6 Å². The van der Waals surface area contributed by atoms with Crippen LogP contribution in [0, 0.1) is 0 Å². The summed E-state index contributed by atoms with van der Waals surface area (Å²) in [7, 11) is 0. The molecule has 1 heterocycles. The lowest BCUT2D eigenvalue weighted by Gasteiger charge is -2.13. The Balaban J connectivity index is 1.49. The molecular formula is C29H28N2O5. The van der Waals surface area contributed by atoms with Gasteiger partial charge in [0.2, 0.25) is 0 Å². The molecule has 0 saturated heterocycles. The number of rotatable bonds is 11. The van der Waals surface area contributed by atoms with Crippen LogP contribution in [0.15, 0.2) is 84.9 Å². The van der Waals surface area contributed by atoms with E-state index in [1.807, 2.05) is 79.7 Å². The third kappa shape index (κ3) is 6.82. The average molecular weight is 485 g/mol. The molecule has 7 nitrogen and oxygen atoms in total. The number of nitrogens with one attached hydrogen (secondary N) is 1. The van der Waals surface area contributed by atoms with Crippen LogP contribution in [0.25, 0.3) is 10.9 Å². The molecule has 184 valence electrons. The van der Waals surface area contributed by atoms with E-state index >= 15 is 0 Å². The first kappa shape index (κ1) is 24.7. The number of hydrogen-bond donors (Lipinski definition) is 1. The number of carbonyl (C=O) groups is 2. The van der Waals surface area contributed by atoms with E-state index in [1.54, 1.807) is 12.1 Å². The molecule has 7 heteroatoms. The Labute approximate surface area is 210 Å². The fourth-order valence-electron chi connectivity index (χ4n) is 3.48. The summed E-state index contributed by atoms with van der Waals surface area (Å²) >= 11 is 0. The highest BCUT2D eigenvalue weighted by Crippen LogP contribution is 2.27. The van der Waals surface area contributed by atoms with Crippen LogP contribution in [0.2, 0.25) is 0 Å². The van der Waals surface area contributed by atoms with E-state index < -0.39 is 11.9 Å². The van der Waals surface area contributed by atoms with Gasteiger partial charge in [-0.25, -0.2) is 4.98 Å². The fourth-order valence-corrected chi connectivity index (χ4v) is 3.48. The summed E-state index contributed by atoms with van der Waals surface area (Å²) in [6, 6.07) is 26.2. The number of fused-ring (bicyclic) bond motifs is 1. The van der Waals surface area contributed by atoms with Gasteiger partial charge in [-0.05, 0) is 41.8 Å². The topological polar surface area (TPSA) is 86.8 Å². The first-order valence-electron chi connectivity index (χ1n) is 11.8. The van der Waals surface area contributed by atoms with Gasteiger partial charge in [0.25, 0.3) is 5.91 Å². The zero-order valence-corrected chi connectivity index (χ0v) is 20.1. The zero-order chi connectivity index (χ0) is 25.2. The molecule has 4 rings (SSSR count). The number of hydrogen-bond acceptors (Lipinski definition) is 6. The number of pyridine rings is 1. The van der Waals surface area contributed by atoms with E-state index in [2.05, 4.69) is 10.3 Å². The van der Waals surface area contributed by atoms with Crippen LogP contribution in [-0.2, 0) is 22.7 Å². The van der Waals surface area contributed by atoms with Crippen LogP contribution in [0.3, 0.4) is 0 Å². The lowest BCUT2D eigenvalue weighted by molar-refractivity contribution is -0.143. The van der Waals surface area contributed by atoms with Crippen LogP contribution in [0.1, 0.15) is 35.0 Å². The number of aromatic nitrogens is 1. The minimum absolute atomic E-state index is 0.0940. The Morgan fingerprint density at radius 3 is 2.22 bits per heavy atom. The van der Waals surface area contributed by atoms with Crippen molar-refractivity contribution in [3.05, 3.63) is 102 Å². The van der Waals surface area contributed by atoms with Gasteiger partial charge in [0, 0.05) is 5.39 Å². The molecule has 36 heavy (non-hydrogen) atoms. The molecule has 1 amide bonds. The Hall–Kier alpha value is -4.39. The third-order valence-corrected chi connectivity index (χ3v) is 5.31. The van der Waals surface area contributed by atoms with Crippen molar-refractivity contribution in [2.24, 2.45) is 0 Å². The van der Waals surface area contributed by atoms with Crippen molar-refractivity contribution in [3.8, 4) is 11.5 Å². The van der Waals surface area contributed by atoms with Crippen molar-refractivity contribution < 1.29 is 23.8 Å². The molecular weight excluding hydrogens is 456 g/mol. The Morgan fingerprint density at radius 1 is 0.833 bits per heavy atom. The predicted molar refractivity (Wildman–Crippen MR) is 137 cm³/mol. The molecule has 0 aliphatic heterocycles. The SMILES string of the molecule is CCCOc1ccc2nc(C(=O)NCC(=O)OCc3ccccc3)c(OCc3ccccc3)cc2c1. The van der Waals surface area contributed by atoms with Crippen LogP contribution in [0.4, 0.5) is 0 Å². The number of nitrogens with zero attached hydrogens (tertiary/aromatic N) is 1. The maximum Gasteiger partial charge on any atom is 0.325 e. The molecule has 0 unspecified atom stereocenters. The maximum atomic E-state index is 13.0. The molecule has 4 aromatic rings. The molecule has 0 bridgehead atoms. The molecule has 0 fully saturated rings. The Morgan fingerprint density at radius 2 is 1.53 bits per heavy atom. The van der Waals surface area contributed by atoms with Gasteiger partial charge >= 0.3 is 5.97 Å². The van der Waals surface area contributed by atoms with E-state index in [-0.39, 0.29) is 25.5 Å². The maximum absolute atomic E-state index is 13.0. The van der Waals surface area contributed by atoms with E-state index in [0.29, 0.717) is 17.9 Å². The molecule has 1 N–H and O–H groups in total. The molecule has 0 atom stereocenters. The highest BCUT2D eigenvalue weighted by atomic mass is 16.5. The lowest BCUT2D eigenvalue weighted by atomic mass is 10.1. The van der Waals surface area contributed by atoms with Gasteiger partial charge in [-0.1, -0.05) is 67.6 Å². The lowest BCUT2D eigenvalue weighted by Crippen LogP contribution is -2.31. The van der Waals surface area contributed by atoms with Crippen molar-refractivity contribution >= 4 is 22.8 Å². The number of ether oxygens (including phenoxy) is 3. The van der Waals surface area contributed by atoms with Gasteiger partial charge in [0.1, 0.15) is 25.5 Å². The summed E-state index contributed by atoms with van der Waals surface area (Å²) in [4.78, 5) is 29.7. The van der Waals surface area contributed by atoms with Crippen LogP contribution >= 0.6 is 0 Å². The smallest absolute Gasteiger partial charge is 0.325 e. The quantitative estimate of drug-likeness (QED) is 0.299. The monoisotopic (exact) mass is 484 g/mol. The van der Waals surface area contributed by atoms with E-state index in [9.17, 15) is 9.59 Å². The number of carbonyl (C=O) groups excluding carboxylic acids is 2. The Kier molecular flexibility index (Phi) is 8.48. The average Bonchev–Trinajstić information content (AvgIpc) is 2.93. The van der Waals surface area contributed by atoms with Crippen LogP contribution < -0.4 is 14.8 Å². The van der Waals surface area contributed by atoms with Gasteiger partial charge in [-0.3, -0.25) is 9.59 Å². The predicted octanol–water partition coefficient (Wildman–Crippen LogP) is 5.08. The molecule has 1 aromatic heterocycles. The first-order chi connectivity index (χ1) is 17.6. The van der Waals surface area contributed by atoms with Crippen LogP contribution in [-0.4, -0.2) is 30.0 Å². The second-order valence-electron chi connectivity index (χ2n) is 8.14. The van der Waals surface area contributed by atoms with Crippen molar-refractivity contribution in [3.63, 3.8) is 0 Å². The Bertz CT molecular complexity index is 1310. The van der Waals surface area contributed by atoms with Gasteiger partial charge < -0.3 is 19.5 Å². The molecule has 0 saturated carbocycles. The zero-order valence-electron chi connectivity index (χ0n) is 20.1. The van der Waals surface area contributed by atoms with E-state index in [4.69, 9.17) is 14.2 Å². The largest absolute Gasteiger partial charge is 0.494 e. The van der Waals surface area contributed by atoms with E-state index in [0.717, 1.165) is 28.7 Å². The standard InChI is InChI=1S/C29H28N2O5/c1-2-15-34-24-13-14-25-23(16-24)17-26(35-19-21-9-5-3-6-10-21)28(31-25)29(33)30-18-27(32)36-20-22-11-7-4-8-12-22/h3-14,16-17H,2,15,18-20H2,1H3,(H,30,33). The van der Waals surface area contributed by atoms with Crippen LogP contribution in [0.5, 0.6) is 11.5 Å². The summed E-state index contributed by atoms with van der Waals surface area (Å²) in [6.45, 7) is 2.77. The van der Waals surface area contributed by atoms with Crippen molar-refractivity contribution in [1.82, 2.24) is 10.3 Å². The molecule has 0 aliphatic rings. The highest BCUT2D eigenvalue weighted by molar-refractivity contribution is 5.99. The molecule has 3 aromatic carbocycles. The van der Waals surface area contributed by atoms with Crippen molar-refractivity contribution in [1.29, 1.82) is 0 Å². The minimum Gasteiger partial charge on any atom is -0.494 e. The van der Waals surface area contributed by atoms with Gasteiger partial charge in [-0.2, -0.15) is 0 Å². The van der Waals surface area contributed by atoms with Crippen molar-refractivity contribution in [2.75, 3.05) is 13.2 Å². The second-order valence-corrected chi connectivity index (χ2v) is 8.14. The molecule has 0 spiro atoms. The van der Waals surface area contributed by atoms with Gasteiger partial charge in [0.05, 0.1) is 12.1 Å². The third-order valence-electron chi connectivity index (χ3n) is 5.31. The molecule has 0 aliphatic carbocycles. The van der Waals surface area contributed by atoms with Gasteiger partial charge in [0.15, 0.2) is 11.4 Å². The normalized spacial score (nSPS) is 10.6. The minimum atomic E-state index is -0.544. The number of esters is 1. The number of benzene rings is 3.